The molecule has 140 valence electrons. The fourth-order valence-electron chi connectivity index (χ4n) is 5.21. The summed E-state index contributed by atoms with van der Waals surface area (Å²) in [7, 11) is 1.92. The second-order valence-corrected chi connectivity index (χ2v) is 7.57. The minimum absolute atomic E-state index is 0.0890. The third-order valence-corrected chi connectivity index (χ3v) is 6.53. The molecule has 28 heavy (non-hydrogen) atoms. The fourth-order valence-corrected chi connectivity index (χ4v) is 5.21. The number of rotatable bonds is 1. The van der Waals surface area contributed by atoms with E-state index in [-0.39, 0.29) is 28.9 Å². The van der Waals surface area contributed by atoms with Crippen LogP contribution < -0.4 is 5.73 Å². The Labute approximate surface area is 161 Å². The highest BCUT2D eigenvalue weighted by Gasteiger charge is 2.59. The summed E-state index contributed by atoms with van der Waals surface area (Å²) < 4.78 is 29.7. The lowest BCUT2D eigenvalue weighted by Gasteiger charge is -2.48. The smallest absolute Gasteiger partial charge is 0.191 e. The molecule has 1 fully saturated rings. The van der Waals surface area contributed by atoms with Crippen LogP contribution in [-0.4, -0.2) is 24.0 Å². The first-order chi connectivity index (χ1) is 13.4. The third kappa shape index (κ3) is 2.10. The van der Waals surface area contributed by atoms with Crippen molar-refractivity contribution < 1.29 is 8.78 Å². The zero-order chi connectivity index (χ0) is 20.2. The number of likely N-dealkylation sites (N-methyl/N-ethyl adjacent to an activating group) is 1. The standard InChI is InChI=1S/C21H17F2N5/c1-28-11-5-6-16(28)17-12(7-11)13(8-24)20(27)21(9-25,10-26)19(17)18-14(22)3-2-4-15(18)23/h2-4,7,11,16-17,19H,5-6,27H2,1H3/t11?,16?,17-,19-/m1/s1. The van der Waals surface area contributed by atoms with Gasteiger partial charge in [0.1, 0.15) is 17.7 Å². The lowest BCUT2D eigenvalue weighted by molar-refractivity contribution is 0.157. The summed E-state index contributed by atoms with van der Waals surface area (Å²) in [5.74, 6) is -3.39. The first-order valence-corrected chi connectivity index (χ1v) is 9.02. The molecule has 2 N–H and O–H groups in total. The molecule has 2 bridgehead atoms. The van der Waals surface area contributed by atoms with Crippen LogP contribution in [-0.2, 0) is 0 Å². The van der Waals surface area contributed by atoms with Gasteiger partial charge in [0.15, 0.2) is 5.41 Å². The summed E-state index contributed by atoms with van der Waals surface area (Å²) in [6, 6.07) is 9.29. The van der Waals surface area contributed by atoms with Crippen LogP contribution in [0.3, 0.4) is 0 Å². The minimum Gasteiger partial charge on any atom is -0.399 e. The van der Waals surface area contributed by atoms with Crippen LogP contribution in [0.2, 0.25) is 0 Å². The SMILES string of the molecule is CN1C2C=C3C(C#N)=C(N)C(C#N)(C#N)[C@@H](c4c(F)cccc4F)[C@H]3C1CC2. The van der Waals surface area contributed by atoms with Crippen LogP contribution >= 0.6 is 0 Å². The van der Waals surface area contributed by atoms with E-state index in [1.807, 2.05) is 31.3 Å². The van der Waals surface area contributed by atoms with Crippen molar-refractivity contribution in [2.45, 2.75) is 30.8 Å². The van der Waals surface area contributed by atoms with Crippen molar-refractivity contribution in [3.8, 4) is 18.2 Å². The maximum atomic E-state index is 14.8. The average Bonchev–Trinajstić information content (AvgIpc) is 2.91. The van der Waals surface area contributed by atoms with Crippen molar-refractivity contribution in [2.75, 3.05) is 7.05 Å². The Morgan fingerprint density at radius 1 is 1.14 bits per heavy atom. The van der Waals surface area contributed by atoms with Gasteiger partial charge in [-0.15, -0.1) is 0 Å². The molecule has 0 spiro atoms. The number of hydrogen-bond donors (Lipinski definition) is 1. The van der Waals surface area contributed by atoms with E-state index in [0.29, 0.717) is 5.57 Å². The predicted molar refractivity (Wildman–Crippen MR) is 95.7 cm³/mol. The van der Waals surface area contributed by atoms with E-state index >= 15 is 0 Å². The Bertz CT molecular complexity index is 1020. The molecule has 0 aromatic heterocycles. The summed E-state index contributed by atoms with van der Waals surface area (Å²) in [5.41, 5.74) is 4.29. The molecular weight excluding hydrogens is 360 g/mol. The van der Waals surface area contributed by atoms with Gasteiger partial charge in [0, 0.05) is 29.5 Å². The van der Waals surface area contributed by atoms with Crippen molar-refractivity contribution in [2.24, 2.45) is 17.1 Å². The highest BCUT2D eigenvalue weighted by atomic mass is 19.1. The van der Waals surface area contributed by atoms with Crippen LogP contribution in [0.15, 0.2) is 41.1 Å². The third-order valence-electron chi connectivity index (χ3n) is 6.53. The number of nitrogens with zero attached hydrogens (tertiary/aromatic N) is 4. The van der Waals surface area contributed by atoms with Crippen LogP contribution in [0.25, 0.3) is 0 Å². The number of fused-ring (bicyclic) bond motifs is 4. The summed E-state index contributed by atoms with van der Waals surface area (Å²) in [6.07, 6.45) is 3.48. The van der Waals surface area contributed by atoms with Crippen molar-refractivity contribution >= 4 is 0 Å². The van der Waals surface area contributed by atoms with Gasteiger partial charge in [0.05, 0.1) is 23.4 Å². The van der Waals surface area contributed by atoms with E-state index in [1.165, 1.54) is 6.07 Å². The summed E-state index contributed by atoms with van der Waals surface area (Å²) >= 11 is 0. The van der Waals surface area contributed by atoms with Gasteiger partial charge in [-0.25, -0.2) is 8.78 Å². The highest BCUT2D eigenvalue weighted by molar-refractivity contribution is 5.60. The Morgan fingerprint density at radius 2 is 1.79 bits per heavy atom. The number of halogens is 2. The molecule has 1 saturated heterocycles. The molecule has 2 heterocycles. The number of nitriles is 3. The lowest BCUT2D eigenvalue weighted by atomic mass is 9.56. The highest BCUT2D eigenvalue weighted by Crippen LogP contribution is 2.58. The fraction of sp³-hybridized carbons (Fsp3) is 0.381. The molecule has 1 aromatic rings. The van der Waals surface area contributed by atoms with E-state index in [9.17, 15) is 24.6 Å². The molecule has 4 rings (SSSR count). The molecule has 0 radical (unpaired) electrons. The molecule has 2 unspecified atom stereocenters. The van der Waals surface area contributed by atoms with Gasteiger partial charge < -0.3 is 5.73 Å². The molecule has 7 heteroatoms. The van der Waals surface area contributed by atoms with Crippen molar-refractivity contribution in [3.63, 3.8) is 0 Å². The van der Waals surface area contributed by atoms with Crippen molar-refractivity contribution in [1.82, 2.24) is 4.90 Å². The van der Waals surface area contributed by atoms with E-state index in [2.05, 4.69) is 4.90 Å². The molecule has 2 aliphatic heterocycles. The quantitative estimate of drug-likeness (QED) is 0.811. The molecular formula is C21H17F2N5. The van der Waals surface area contributed by atoms with Crippen LogP contribution in [0.5, 0.6) is 0 Å². The van der Waals surface area contributed by atoms with Crippen LogP contribution in [0.1, 0.15) is 24.3 Å². The van der Waals surface area contributed by atoms with Crippen LogP contribution in [0.4, 0.5) is 8.78 Å². The molecule has 1 aromatic carbocycles. The topological polar surface area (TPSA) is 101 Å². The zero-order valence-corrected chi connectivity index (χ0v) is 15.2. The minimum atomic E-state index is -2.04. The second kappa shape index (κ2) is 6.16. The monoisotopic (exact) mass is 377 g/mol. The number of allylic oxidation sites excluding steroid dienone is 2. The van der Waals surface area contributed by atoms with Gasteiger partial charge in [0.2, 0.25) is 0 Å². The van der Waals surface area contributed by atoms with E-state index in [0.717, 1.165) is 25.0 Å². The Kier molecular flexibility index (Phi) is 4.00. The molecule has 1 aliphatic carbocycles. The van der Waals surface area contributed by atoms with E-state index < -0.39 is 28.9 Å². The molecule has 0 saturated carbocycles. The lowest BCUT2D eigenvalue weighted by Crippen LogP contribution is -2.51. The van der Waals surface area contributed by atoms with Gasteiger partial charge >= 0.3 is 0 Å². The summed E-state index contributed by atoms with van der Waals surface area (Å²) in [5, 5.41) is 29.7. The maximum Gasteiger partial charge on any atom is 0.191 e. The first kappa shape index (κ1) is 18.2. The number of benzene rings is 1. The summed E-state index contributed by atoms with van der Waals surface area (Å²) in [4.78, 5) is 2.09. The molecule has 3 aliphatic rings. The Hall–Kier alpha value is -3.21. The number of nitrogens with two attached hydrogens (primary N) is 1. The molecule has 0 amide bonds. The van der Waals surface area contributed by atoms with Crippen molar-refractivity contribution in [1.29, 1.82) is 15.8 Å². The Balaban J connectivity index is 2.11. The summed E-state index contributed by atoms with van der Waals surface area (Å²) in [6.45, 7) is 0. The van der Waals surface area contributed by atoms with E-state index in [4.69, 9.17) is 5.73 Å². The van der Waals surface area contributed by atoms with Crippen LogP contribution in [0, 0.1) is 57.0 Å². The Morgan fingerprint density at radius 3 is 2.36 bits per heavy atom. The van der Waals surface area contributed by atoms with Gasteiger partial charge in [0.25, 0.3) is 0 Å². The van der Waals surface area contributed by atoms with Crippen molar-refractivity contribution in [3.05, 3.63) is 58.3 Å². The van der Waals surface area contributed by atoms with E-state index in [1.54, 1.807) is 0 Å². The second-order valence-electron chi connectivity index (χ2n) is 7.57. The molecule has 4 atom stereocenters. The van der Waals surface area contributed by atoms with Gasteiger partial charge in [-0.1, -0.05) is 12.1 Å². The van der Waals surface area contributed by atoms with Gasteiger partial charge in [-0.2, -0.15) is 15.8 Å². The average molecular weight is 377 g/mol. The first-order valence-electron chi connectivity index (χ1n) is 9.02. The molecule has 5 nitrogen and oxygen atoms in total. The largest absolute Gasteiger partial charge is 0.399 e. The van der Waals surface area contributed by atoms with Gasteiger partial charge in [-0.3, -0.25) is 4.90 Å². The zero-order valence-electron chi connectivity index (χ0n) is 15.2. The predicted octanol–water partition coefficient (Wildman–Crippen LogP) is 2.85. The maximum absolute atomic E-state index is 14.8. The van der Waals surface area contributed by atoms with Gasteiger partial charge in [-0.05, 0) is 37.6 Å². The number of hydrogen-bond acceptors (Lipinski definition) is 5. The normalized spacial score (nSPS) is 30.6.